The fourth-order valence-corrected chi connectivity index (χ4v) is 3.78. The Morgan fingerprint density at radius 3 is 2.81 bits per heavy atom. The molecular formula is C22H23N5O3S. The molecule has 0 saturated carbocycles. The number of ether oxygens (including phenoxy) is 1. The fraction of sp³-hybridized carbons (Fsp3) is 0.273. The second kappa shape index (κ2) is 10.1. The molecule has 0 spiro atoms. The van der Waals surface area contributed by atoms with Gasteiger partial charge in [-0.05, 0) is 30.2 Å². The van der Waals surface area contributed by atoms with Crippen molar-refractivity contribution >= 4 is 28.7 Å². The molecular weight excluding hydrogens is 414 g/mol. The highest BCUT2D eigenvalue weighted by atomic mass is 32.2. The number of carbonyl (C=O) groups excluding carboxylic acids is 1. The lowest BCUT2D eigenvalue weighted by Gasteiger charge is -2.08. The van der Waals surface area contributed by atoms with Crippen LogP contribution in [-0.4, -0.2) is 45.5 Å². The predicted molar refractivity (Wildman–Crippen MR) is 118 cm³/mol. The number of thioether (sulfide) groups is 1. The zero-order chi connectivity index (χ0) is 21.5. The quantitative estimate of drug-likeness (QED) is 0.367. The lowest BCUT2D eigenvalue weighted by atomic mass is 10.1. The van der Waals surface area contributed by atoms with Gasteiger partial charge in [0.1, 0.15) is 11.6 Å². The van der Waals surface area contributed by atoms with Crippen LogP contribution >= 0.6 is 11.8 Å². The maximum Gasteiger partial charge on any atom is 0.277 e. The van der Waals surface area contributed by atoms with Crippen LogP contribution in [0.25, 0.3) is 11.0 Å². The Morgan fingerprint density at radius 1 is 1.10 bits per heavy atom. The average molecular weight is 438 g/mol. The molecule has 2 heterocycles. The van der Waals surface area contributed by atoms with Crippen LogP contribution in [0.15, 0.2) is 58.2 Å². The van der Waals surface area contributed by atoms with Crippen molar-refractivity contribution in [2.75, 3.05) is 19.4 Å². The van der Waals surface area contributed by atoms with Gasteiger partial charge in [-0.1, -0.05) is 42.1 Å². The second-order valence-electron chi connectivity index (χ2n) is 6.86. The molecule has 0 radical (unpaired) electrons. The molecule has 8 nitrogen and oxygen atoms in total. The summed E-state index contributed by atoms with van der Waals surface area (Å²) >= 11 is 1.23. The van der Waals surface area contributed by atoms with Crippen molar-refractivity contribution in [2.45, 2.75) is 24.5 Å². The van der Waals surface area contributed by atoms with E-state index in [-0.39, 0.29) is 11.7 Å². The number of aromatic nitrogens is 4. The Bertz CT molecular complexity index is 1120. The maximum absolute atomic E-state index is 12.1. The van der Waals surface area contributed by atoms with E-state index < -0.39 is 0 Å². The minimum absolute atomic E-state index is 0.0816. The lowest BCUT2D eigenvalue weighted by Crippen LogP contribution is -2.27. The molecule has 0 aliphatic rings. The molecule has 0 saturated heterocycles. The summed E-state index contributed by atoms with van der Waals surface area (Å²) in [5.41, 5.74) is 3.01. The summed E-state index contributed by atoms with van der Waals surface area (Å²) in [6, 6.07) is 15.7. The number of hydrogen-bond acceptors (Lipinski definition) is 7. The molecule has 2 aromatic carbocycles. The summed E-state index contributed by atoms with van der Waals surface area (Å²) in [5, 5.41) is 11.4. The maximum atomic E-state index is 12.1. The summed E-state index contributed by atoms with van der Waals surface area (Å²) < 4.78 is 11.0. The van der Waals surface area contributed by atoms with Gasteiger partial charge in [0, 0.05) is 19.4 Å². The van der Waals surface area contributed by atoms with Gasteiger partial charge in [-0.25, -0.2) is 4.98 Å². The van der Waals surface area contributed by atoms with Gasteiger partial charge in [0.25, 0.3) is 5.22 Å². The van der Waals surface area contributed by atoms with Crippen molar-refractivity contribution in [2.24, 2.45) is 0 Å². The number of nitrogens with zero attached hydrogens (tertiary/aromatic N) is 3. The van der Waals surface area contributed by atoms with Crippen LogP contribution in [-0.2, 0) is 24.1 Å². The number of aromatic amines is 1. The SMILES string of the molecule is COc1ccccc1CCNC(=O)CSc1nnc(CCc2nc3ccccc3[nH]2)o1. The molecule has 0 fully saturated rings. The zero-order valence-electron chi connectivity index (χ0n) is 17.1. The standard InChI is InChI=1S/C22H23N5O3S/c1-29-18-9-5-2-6-15(18)12-13-23-20(28)14-31-22-27-26-21(30-22)11-10-19-24-16-7-3-4-8-17(16)25-19/h2-9H,10-14H2,1H3,(H,23,28)(H,24,25). The van der Waals surface area contributed by atoms with Crippen molar-refractivity contribution in [3.63, 3.8) is 0 Å². The van der Waals surface area contributed by atoms with E-state index in [1.807, 2.05) is 48.5 Å². The Morgan fingerprint density at radius 2 is 1.94 bits per heavy atom. The molecule has 31 heavy (non-hydrogen) atoms. The van der Waals surface area contributed by atoms with E-state index in [0.717, 1.165) is 28.2 Å². The average Bonchev–Trinajstić information content (AvgIpc) is 3.43. The van der Waals surface area contributed by atoms with Gasteiger partial charge in [0.2, 0.25) is 11.8 Å². The molecule has 160 valence electrons. The molecule has 2 aromatic heterocycles. The number of amides is 1. The summed E-state index contributed by atoms with van der Waals surface area (Å²) in [6.45, 7) is 0.534. The molecule has 0 aliphatic carbocycles. The van der Waals surface area contributed by atoms with Crippen LogP contribution in [0.3, 0.4) is 0 Å². The Balaban J connectivity index is 1.19. The summed E-state index contributed by atoms with van der Waals surface area (Å²) in [5.74, 6) is 2.37. The van der Waals surface area contributed by atoms with E-state index in [1.165, 1.54) is 11.8 Å². The minimum atomic E-state index is -0.0816. The first-order valence-corrected chi connectivity index (χ1v) is 11.0. The van der Waals surface area contributed by atoms with Crippen LogP contribution in [0.4, 0.5) is 0 Å². The molecule has 0 bridgehead atoms. The van der Waals surface area contributed by atoms with Gasteiger partial charge in [-0.2, -0.15) is 0 Å². The van der Waals surface area contributed by atoms with Crippen molar-refractivity contribution < 1.29 is 13.9 Å². The summed E-state index contributed by atoms with van der Waals surface area (Å²) in [4.78, 5) is 19.9. The molecule has 0 atom stereocenters. The minimum Gasteiger partial charge on any atom is -0.496 e. The number of hydrogen-bond donors (Lipinski definition) is 2. The largest absolute Gasteiger partial charge is 0.496 e. The smallest absolute Gasteiger partial charge is 0.277 e. The molecule has 4 aromatic rings. The molecule has 1 amide bonds. The van der Waals surface area contributed by atoms with Crippen molar-refractivity contribution in [1.29, 1.82) is 0 Å². The molecule has 9 heteroatoms. The number of imidazole rings is 1. The number of nitrogens with one attached hydrogen (secondary N) is 2. The van der Waals surface area contributed by atoms with Gasteiger partial charge in [0.05, 0.1) is 23.9 Å². The highest BCUT2D eigenvalue weighted by molar-refractivity contribution is 7.99. The Labute approximate surface area is 183 Å². The van der Waals surface area contributed by atoms with E-state index >= 15 is 0 Å². The number of aryl methyl sites for hydroxylation is 2. The van der Waals surface area contributed by atoms with Gasteiger partial charge in [-0.15, -0.1) is 10.2 Å². The monoisotopic (exact) mass is 437 g/mol. The fourth-order valence-electron chi connectivity index (χ4n) is 3.17. The van der Waals surface area contributed by atoms with E-state index in [2.05, 4.69) is 25.5 Å². The van der Waals surface area contributed by atoms with Crippen molar-refractivity contribution in [3.8, 4) is 5.75 Å². The predicted octanol–water partition coefficient (Wildman–Crippen LogP) is 3.19. The first-order chi connectivity index (χ1) is 15.2. The molecule has 4 rings (SSSR count). The van der Waals surface area contributed by atoms with E-state index in [4.69, 9.17) is 9.15 Å². The van der Waals surface area contributed by atoms with Crippen LogP contribution in [0.5, 0.6) is 5.75 Å². The van der Waals surface area contributed by atoms with Gasteiger partial charge < -0.3 is 19.5 Å². The summed E-state index contributed by atoms with van der Waals surface area (Å²) in [7, 11) is 1.64. The Kier molecular flexibility index (Phi) is 6.83. The van der Waals surface area contributed by atoms with Crippen LogP contribution in [0.1, 0.15) is 17.3 Å². The highest BCUT2D eigenvalue weighted by Gasteiger charge is 2.11. The van der Waals surface area contributed by atoms with Crippen LogP contribution in [0.2, 0.25) is 0 Å². The highest BCUT2D eigenvalue weighted by Crippen LogP contribution is 2.18. The van der Waals surface area contributed by atoms with Crippen LogP contribution in [0, 0.1) is 0 Å². The number of fused-ring (bicyclic) bond motifs is 1. The number of methoxy groups -OCH3 is 1. The summed E-state index contributed by atoms with van der Waals surface area (Å²) in [6.07, 6.45) is 1.95. The molecule has 0 aliphatic heterocycles. The normalized spacial score (nSPS) is 11.0. The van der Waals surface area contributed by atoms with Gasteiger partial charge >= 0.3 is 0 Å². The number of benzene rings is 2. The van der Waals surface area contributed by atoms with Crippen molar-refractivity contribution in [1.82, 2.24) is 25.5 Å². The molecule has 2 N–H and O–H groups in total. The molecule has 0 unspecified atom stereocenters. The topological polar surface area (TPSA) is 106 Å². The van der Waals surface area contributed by atoms with E-state index in [0.29, 0.717) is 36.9 Å². The van der Waals surface area contributed by atoms with Crippen molar-refractivity contribution in [3.05, 3.63) is 65.8 Å². The first kappa shape index (κ1) is 20.9. The first-order valence-electron chi connectivity index (χ1n) is 9.98. The number of rotatable bonds is 10. The zero-order valence-corrected chi connectivity index (χ0v) is 17.9. The number of carbonyl (C=O) groups is 1. The number of H-pyrrole nitrogens is 1. The third kappa shape index (κ3) is 5.64. The van der Waals surface area contributed by atoms with Crippen LogP contribution < -0.4 is 10.1 Å². The third-order valence-electron chi connectivity index (χ3n) is 4.70. The van der Waals surface area contributed by atoms with E-state index in [9.17, 15) is 4.79 Å². The van der Waals surface area contributed by atoms with E-state index in [1.54, 1.807) is 7.11 Å². The number of para-hydroxylation sites is 3. The van der Waals surface area contributed by atoms with Gasteiger partial charge in [-0.3, -0.25) is 4.79 Å². The van der Waals surface area contributed by atoms with Gasteiger partial charge in [0.15, 0.2) is 0 Å². The Hall–Kier alpha value is -3.33. The third-order valence-corrected chi connectivity index (χ3v) is 5.52. The lowest BCUT2D eigenvalue weighted by molar-refractivity contribution is -0.118. The second-order valence-corrected chi connectivity index (χ2v) is 7.79.